The summed E-state index contributed by atoms with van der Waals surface area (Å²) in [6.45, 7) is 0.705. The number of para-hydroxylation sites is 1. The Hall–Kier alpha value is -0.149. The van der Waals surface area contributed by atoms with Crippen LogP contribution in [-0.4, -0.2) is 6.61 Å². The minimum atomic E-state index is 0. The summed E-state index contributed by atoms with van der Waals surface area (Å²) >= 11 is 0. The van der Waals surface area contributed by atoms with E-state index in [0.717, 1.165) is 5.75 Å². The van der Waals surface area contributed by atoms with E-state index < -0.39 is 0 Å². The van der Waals surface area contributed by atoms with E-state index >= 15 is 0 Å². The van der Waals surface area contributed by atoms with Crippen LogP contribution in [0.1, 0.15) is 5.56 Å². The first-order valence-corrected chi connectivity index (χ1v) is 3.35. The minimum Gasteiger partial charge on any atom is -0.489 e. The van der Waals surface area contributed by atoms with Crippen LogP contribution in [0.2, 0.25) is 0 Å². The van der Waals surface area contributed by atoms with Crippen molar-refractivity contribution in [2.45, 2.75) is 0 Å². The van der Waals surface area contributed by atoms with Crippen molar-refractivity contribution in [3.63, 3.8) is 0 Å². The van der Waals surface area contributed by atoms with E-state index in [2.05, 4.69) is 6.08 Å². The molecule has 1 nitrogen and oxygen atoms in total. The van der Waals surface area contributed by atoms with Gasteiger partial charge >= 0.3 is 0 Å². The molecule has 12 heavy (non-hydrogen) atoms. The third-order valence-electron chi connectivity index (χ3n) is 1.55. The van der Waals surface area contributed by atoms with Gasteiger partial charge in [0, 0.05) is 40.9 Å². The van der Waals surface area contributed by atoms with E-state index in [1.54, 1.807) is 0 Å². The van der Waals surface area contributed by atoms with E-state index in [-0.39, 0.29) is 35.3 Å². The molecule has 3 heteroatoms. The second-order valence-corrected chi connectivity index (χ2v) is 2.25. The monoisotopic (exact) mass is 242 g/mol. The molecule has 2 rings (SSSR count). The molecule has 0 aromatic heterocycles. The van der Waals surface area contributed by atoms with Crippen LogP contribution in [0.25, 0.3) is 6.08 Å². The average molecular weight is 242 g/mol. The molecule has 1 heterocycles. The quantitative estimate of drug-likeness (QED) is 0.676. The smallest absolute Gasteiger partial charge is 0.126 e. The summed E-state index contributed by atoms with van der Waals surface area (Å²) < 4.78 is 5.34. The van der Waals surface area contributed by atoms with Crippen LogP contribution in [0.15, 0.2) is 30.3 Å². The van der Waals surface area contributed by atoms with Crippen molar-refractivity contribution in [1.82, 2.24) is 0 Å². The normalized spacial score (nSPS) is 11.7. The van der Waals surface area contributed by atoms with Gasteiger partial charge in [-0.05, 0) is 12.1 Å². The maximum absolute atomic E-state index is 5.34. The zero-order chi connectivity index (χ0) is 6.81. The van der Waals surface area contributed by atoms with E-state index in [1.165, 1.54) is 5.56 Å². The second-order valence-electron chi connectivity index (χ2n) is 2.25. The molecule has 0 atom stereocenters. The fourth-order valence-corrected chi connectivity index (χ4v) is 1.06. The molecule has 0 bridgehead atoms. The van der Waals surface area contributed by atoms with Gasteiger partial charge in [0.05, 0.1) is 0 Å². The molecule has 1 aromatic carbocycles. The Morgan fingerprint density at radius 1 is 1.17 bits per heavy atom. The minimum absolute atomic E-state index is 0. The Balaban J connectivity index is 0.000000605. The van der Waals surface area contributed by atoms with Gasteiger partial charge in [-0.25, -0.2) is 0 Å². The summed E-state index contributed by atoms with van der Waals surface area (Å²) in [5, 5.41) is 0. The van der Waals surface area contributed by atoms with Gasteiger partial charge in [0.15, 0.2) is 0 Å². The third-order valence-corrected chi connectivity index (χ3v) is 1.55. The molecule has 0 N–H and O–H groups in total. The molecule has 1 aromatic rings. The number of benzene rings is 1. The number of hydrogen-bond acceptors (Lipinski definition) is 1. The zero-order valence-electron chi connectivity index (χ0n) is 6.36. The average Bonchev–Trinajstić information content (AvgIpc) is 2.05. The molecule has 0 unspecified atom stereocenters. The van der Waals surface area contributed by atoms with Gasteiger partial charge < -0.3 is 4.74 Å². The molecule has 0 fully saturated rings. The summed E-state index contributed by atoms with van der Waals surface area (Å²) in [5.41, 5.74) is 1.17. The van der Waals surface area contributed by atoms with Gasteiger partial charge in [-0.2, -0.15) is 0 Å². The predicted molar refractivity (Wildman–Crippen MR) is 41.0 cm³/mol. The summed E-state index contributed by atoms with van der Waals surface area (Å²) in [6, 6.07) is 8.03. The molecule has 1 aliphatic heterocycles. The summed E-state index contributed by atoms with van der Waals surface area (Å²) in [7, 11) is 0. The first kappa shape index (κ1) is 11.9. The molecule has 64 valence electrons. The number of fused-ring (bicyclic) bond motifs is 1. The van der Waals surface area contributed by atoms with Crippen LogP contribution in [0.4, 0.5) is 0 Å². The largest absolute Gasteiger partial charge is 0.489 e. The summed E-state index contributed by atoms with van der Waals surface area (Å²) in [6.07, 6.45) is 4.10. The van der Waals surface area contributed by atoms with Crippen molar-refractivity contribution in [3.8, 4) is 5.75 Å². The molecule has 0 amide bonds. The molecule has 0 aliphatic carbocycles. The van der Waals surface area contributed by atoms with Crippen LogP contribution >= 0.6 is 0 Å². The molecule has 1 aliphatic rings. The topological polar surface area (TPSA) is 9.23 Å². The van der Waals surface area contributed by atoms with Crippen molar-refractivity contribution >= 4 is 6.08 Å². The van der Waals surface area contributed by atoms with Crippen LogP contribution < -0.4 is 4.74 Å². The number of rotatable bonds is 0. The van der Waals surface area contributed by atoms with Crippen molar-refractivity contribution in [1.29, 1.82) is 0 Å². The van der Waals surface area contributed by atoms with E-state index in [0.29, 0.717) is 6.61 Å². The fourth-order valence-electron chi connectivity index (χ4n) is 1.06. The number of ether oxygens (including phenoxy) is 1. The predicted octanol–water partition coefficient (Wildman–Crippen LogP) is 2.09. The van der Waals surface area contributed by atoms with Crippen LogP contribution in [0.3, 0.4) is 0 Å². The SMILES string of the molecule is C1=Cc2ccccc2OC1.[Co].[V]. The van der Waals surface area contributed by atoms with Crippen molar-refractivity contribution in [3.05, 3.63) is 35.9 Å². The van der Waals surface area contributed by atoms with Crippen LogP contribution in [0.5, 0.6) is 5.75 Å². The Kier molecular flexibility index (Phi) is 5.42. The molecular formula is C9H8CoOV. The Morgan fingerprint density at radius 3 is 2.67 bits per heavy atom. The van der Waals surface area contributed by atoms with E-state index in [1.807, 2.05) is 30.3 Å². The Bertz CT molecular complexity index is 273. The molecule has 0 spiro atoms. The standard InChI is InChI=1S/C9H8O.Co.V/c1-2-6-9-8(4-1)5-3-7-10-9;;/h1-6H,7H2;;. The van der Waals surface area contributed by atoms with Crippen molar-refractivity contribution in [2.75, 3.05) is 6.61 Å². The van der Waals surface area contributed by atoms with Gasteiger partial charge in [-0.3, -0.25) is 0 Å². The third kappa shape index (κ3) is 2.42. The van der Waals surface area contributed by atoms with E-state index in [4.69, 9.17) is 4.74 Å². The summed E-state index contributed by atoms with van der Waals surface area (Å²) in [5.74, 6) is 0.991. The van der Waals surface area contributed by atoms with Crippen LogP contribution in [0, 0.1) is 0 Å². The second kappa shape index (κ2) is 5.49. The van der Waals surface area contributed by atoms with Crippen molar-refractivity contribution in [2.24, 2.45) is 0 Å². The van der Waals surface area contributed by atoms with Gasteiger partial charge in [0.25, 0.3) is 0 Å². The Labute approximate surface area is 94.3 Å². The molecule has 2 radical (unpaired) electrons. The first-order chi connectivity index (χ1) is 4.97. The maximum Gasteiger partial charge on any atom is 0.126 e. The zero-order valence-corrected chi connectivity index (χ0v) is 8.80. The first-order valence-electron chi connectivity index (χ1n) is 3.35. The molecule has 0 saturated carbocycles. The van der Waals surface area contributed by atoms with E-state index in [9.17, 15) is 0 Å². The fraction of sp³-hybridized carbons (Fsp3) is 0.111. The number of hydrogen-bond donors (Lipinski definition) is 0. The van der Waals surface area contributed by atoms with Crippen molar-refractivity contribution < 1.29 is 40.1 Å². The summed E-state index contributed by atoms with van der Waals surface area (Å²) in [4.78, 5) is 0. The molecule has 0 saturated heterocycles. The van der Waals surface area contributed by atoms with Gasteiger partial charge in [-0.15, -0.1) is 0 Å². The van der Waals surface area contributed by atoms with Gasteiger partial charge in [0.1, 0.15) is 12.4 Å². The Morgan fingerprint density at radius 2 is 1.92 bits per heavy atom. The van der Waals surface area contributed by atoms with Gasteiger partial charge in [-0.1, -0.05) is 24.3 Å². The van der Waals surface area contributed by atoms with Gasteiger partial charge in [0.2, 0.25) is 0 Å². The van der Waals surface area contributed by atoms with Crippen LogP contribution in [-0.2, 0) is 35.3 Å². The maximum atomic E-state index is 5.34. The molecular weight excluding hydrogens is 234 g/mol.